The van der Waals surface area contributed by atoms with Crippen LogP contribution in [0.3, 0.4) is 0 Å². The lowest BCUT2D eigenvalue weighted by atomic mass is 9.94. The second kappa shape index (κ2) is 9.39. The zero-order chi connectivity index (χ0) is 20.0. The number of carbonyl (C=O) groups excluding carboxylic acids is 1. The van der Waals surface area contributed by atoms with Crippen LogP contribution < -0.4 is 0 Å². The summed E-state index contributed by atoms with van der Waals surface area (Å²) in [7, 11) is 0. The van der Waals surface area contributed by atoms with Gasteiger partial charge in [-0.1, -0.05) is 44.0 Å². The number of fused-ring (bicyclic) bond motifs is 1. The Kier molecular flexibility index (Phi) is 7.21. The van der Waals surface area contributed by atoms with Crippen LogP contribution in [-0.2, 0) is 22.6 Å². The van der Waals surface area contributed by atoms with Gasteiger partial charge in [0.25, 0.3) is 0 Å². The number of carboxylic acids is 2. The lowest BCUT2D eigenvalue weighted by Crippen LogP contribution is -2.54. The first-order valence-corrected chi connectivity index (χ1v) is 9.46. The molecule has 0 saturated heterocycles. The lowest BCUT2D eigenvalue weighted by molar-refractivity contribution is -0.144. The second-order valence-corrected chi connectivity index (χ2v) is 6.95. The first-order chi connectivity index (χ1) is 12.9. The number of unbranched alkanes of at least 4 members (excludes halogenated alkanes) is 1. The van der Waals surface area contributed by atoms with Gasteiger partial charge in [0.1, 0.15) is 6.04 Å². The van der Waals surface area contributed by atoms with E-state index >= 15 is 0 Å². The lowest BCUT2D eigenvalue weighted by Gasteiger charge is -2.38. The molecule has 0 aliphatic carbocycles. The maximum atomic E-state index is 13.1. The SMILES string of the molecule is CCCC[C@H](CN(CC)C(=O)N1Cc2ccccc2C[C@H]1C(=O)O)C(=O)O. The summed E-state index contributed by atoms with van der Waals surface area (Å²) in [6, 6.07) is 6.15. The molecule has 0 unspecified atom stereocenters. The van der Waals surface area contributed by atoms with Crippen LogP contribution in [0.15, 0.2) is 24.3 Å². The van der Waals surface area contributed by atoms with Crippen molar-refractivity contribution in [1.82, 2.24) is 9.80 Å². The molecule has 1 aromatic rings. The number of hydrogen-bond acceptors (Lipinski definition) is 3. The van der Waals surface area contributed by atoms with Crippen LogP contribution in [0.5, 0.6) is 0 Å². The van der Waals surface area contributed by atoms with Gasteiger partial charge in [0.15, 0.2) is 0 Å². The van der Waals surface area contributed by atoms with Crippen LogP contribution in [0, 0.1) is 5.92 Å². The van der Waals surface area contributed by atoms with E-state index in [1.54, 1.807) is 6.92 Å². The van der Waals surface area contributed by atoms with E-state index in [2.05, 4.69) is 0 Å². The quantitative estimate of drug-likeness (QED) is 0.727. The molecule has 2 N–H and O–H groups in total. The average Bonchev–Trinajstić information content (AvgIpc) is 2.66. The van der Waals surface area contributed by atoms with Gasteiger partial charge < -0.3 is 20.0 Å². The molecule has 0 spiro atoms. The molecule has 1 aliphatic heterocycles. The smallest absolute Gasteiger partial charge is 0.326 e. The van der Waals surface area contributed by atoms with Crippen molar-refractivity contribution in [1.29, 1.82) is 0 Å². The van der Waals surface area contributed by atoms with Gasteiger partial charge in [0, 0.05) is 26.1 Å². The highest BCUT2D eigenvalue weighted by Crippen LogP contribution is 2.25. The number of nitrogens with zero attached hydrogens (tertiary/aromatic N) is 2. The summed E-state index contributed by atoms with van der Waals surface area (Å²) in [4.78, 5) is 39.2. The molecule has 7 nitrogen and oxygen atoms in total. The molecule has 2 amide bonds. The minimum absolute atomic E-state index is 0.0924. The molecule has 27 heavy (non-hydrogen) atoms. The van der Waals surface area contributed by atoms with Crippen LogP contribution in [-0.4, -0.2) is 57.1 Å². The molecular formula is C20H28N2O5. The van der Waals surface area contributed by atoms with E-state index in [1.165, 1.54) is 9.80 Å². The fourth-order valence-corrected chi connectivity index (χ4v) is 3.48. The van der Waals surface area contributed by atoms with Crippen LogP contribution in [0.25, 0.3) is 0 Å². The Morgan fingerprint density at radius 1 is 1.19 bits per heavy atom. The van der Waals surface area contributed by atoms with Gasteiger partial charge in [-0.15, -0.1) is 0 Å². The third kappa shape index (κ3) is 4.99. The van der Waals surface area contributed by atoms with Gasteiger partial charge in [-0.05, 0) is 24.5 Å². The largest absolute Gasteiger partial charge is 0.481 e. The van der Waals surface area contributed by atoms with Crippen LogP contribution >= 0.6 is 0 Å². The number of carboxylic acid groups (broad SMARTS) is 2. The molecule has 0 saturated carbocycles. The van der Waals surface area contributed by atoms with Crippen LogP contribution in [0.2, 0.25) is 0 Å². The van der Waals surface area contributed by atoms with Gasteiger partial charge in [0.05, 0.1) is 5.92 Å². The monoisotopic (exact) mass is 376 g/mol. The molecule has 0 fully saturated rings. The summed E-state index contributed by atoms with van der Waals surface area (Å²) in [5.41, 5.74) is 1.86. The standard InChI is InChI=1S/C20H28N2O5/c1-3-5-8-16(18(23)24)12-21(4-2)20(27)22-13-15-10-7-6-9-14(15)11-17(22)19(25)26/h6-7,9-10,16-17H,3-5,8,11-13H2,1-2H3,(H,23,24)(H,25,26)/t16-,17+/m1/s1. The van der Waals surface area contributed by atoms with Crippen molar-refractivity contribution in [2.45, 2.75) is 52.1 Å². The maximum absolute atomic E-state index is 13.1. The Hall–Kier alpha value is -2.57. The minimum atomic E-state index is -1.05. The van der Waals surface area contributed by atoms with Crippen LogP contribution in [0.4, 0.5) is 4.79 Å². The van der Waals surface area contributed by atoms with Crippen molar-refractivity contribution in [3.63, 3.8) is 0 Å². The van der Waals surface area contributed by atoms with E-state index < -0.39 is 29.9 Å². The van der Waals surface area contributed by atoms with Crippen LogP contribution in [0.1, 0.15) is 44.2 Å². The Balaban J connectivity index is 2.20. The summed E-state index contributed by atoms with van der Waals surface area (Å²) in [6.45, 7) is 4.41. The molecular weight excluding hydrogens is 348 g/mol. The van der Waals surface area contributed by atoms with E-state index in [0.29, 0.717) is 13.0 Å². The Labute approximate surface area is 159 Å². The fraction of sp³-hybridized carbons (Fsp3) is 0.550. The molecule has 0 radical (unpaired) electrons. The number of amides is 2. The summed E-state index contributed by atoms with van der Waals surface area (Å²) < 4.78 is 0. The number of benzene rings is 1. The summed E-state index contributed by atoms with van der Waals surface area (Å²) in [6.07, 6.45) is 2.42. The first kappa shape index (κ1) is 20.7. The van der Waals surface area contributed by atoms with E-state index in [9.17, 15) is 24.6 Å². The van der Waals surface area contributed by atoms with E-state index in [4.69, 9.17) is 0 Å². The Morgan fingerprint density at radius 3 is 2.41 bits per heavy atom. The number of hydrogen-bond donors (Lipinski definition) is 2. The zero-order valence-corrected chi connectivity index (χ0v) is 15.9. The highest BCUT2D eigenvalue weighted by Gasteiger charge is 2.37. The summed E-state index contributed by atoms with van der Waals surface area (Å²) in [5, 5.41) is 19.1. The van der Waals surface area contributed by atoms with E-state index in [-0.39, 0.29) is 19.5 Å². The van der Waals surface area contributed by atoms with Crippen molar-refractivity contribution in [3.8, 4) is 0 Å². The van der Waals surface area contributed by atoms with E-state index in [1.807, 2.05) is 31.2 Å². The Bertz CT molecular complexity index is 691. The Morgan fingerprint density at radius 2 is 1.85 bits per heavy atom. The van der Waals surface area contributed by atoms with Gasteiger partial charge in [-0.3, -0.25) is 4.79 Å². The highest BCUT2D eigenvalue weighted by atomic mass is 16.4. The molecule has 0 aromatic heterocycles. The molecule has 1 aromatic carbocycles. The van der Waals surface area contributed by atoms with Crippen molar-refractivity contribution in [3.05, 3.63) is 35.4 Å². The number of rotatable bonds is 8. The minimum Gasteiger partial charge on any atom is -0.481 e. The zero-order valence-electron chi connectivity index (χ0n) is 15.9. The van der Waals surface area contributed by atoms with Crippen molar-refractivity contribution in [2.24, 2.45) is 5.92 Å². The average molecular weight is 376 g/mol. The topological polar surface area (TPSA) is 98.2 Å². The fourth-order valence-electron chi connectivity index (χ4n) is 3.48. The molecule has 2 atom stereocenters. The van der Waals surface area contributed by atoms with Gasteiger partial charge in [-0.2, -0.15) is 0 Å². The van der Waals surface area contributed by atoms with Gasteiger partial charge >= 0.3 is 18.0 Å². The molecule has 0 bridgehead atoms. The molecule has 1 heterocycles. The number of carbonyl (C=O) groups is 3. The molecule has 7 heteroatoms. The van der Waals surface area contributed by atoms with Crippen molar-refractivity contribution >= 4 is 18.0 Å². The number of aliphatic carboxylic acids is 2. The van der Waals surface area contributed by atoms with Crippen molar-refractivity contribution in [2.75, 3.05) is 13.1 Å². The summed E-state index contributed by atoms with van der Waals surface area (Å²) in [5.74, 6) is -2.61. The molecule has 2 rings (SSSR count). The predicted molar refractivity (Wildman–Crippen MR) is 100 cm³/mol. The van der Waals surface area contributed by atoms with Crippen molar-refractivity contribution < 1.29 is 24.6 Å². The first-order valence-electron chi connectivity index (χ1n) is 9.46. The normalized spacial score (nSPS) is 17.1. The second-order valence-electron chi connectivity index (χ2n) is 6.95. The number of urea groups is 1. The van der Waals surface area contributed by atoms with Gasteiger partial charge in [0.2, 0.25) is 0 Å². The van der Waals surface area contributed by atoms with Gasteiger partial charge in [-0.25, -0.2) is 9.59 Å². The van der Waals surface area contributed by atoms with E-state index in [0.717, 1.165) is 24.0 Å². The summed E-state index contributed by atoms with van der Waals surface area (Å²) >= 11 is 0. The predicted octanol–water partition coefficient (Wildman–Crippen LogP) is 2.83. The third-order valence-electron chi connectivity index (χ3n) is 5.13. The molecule has 1 aliphatic rings. The molecule has 148 valence electrons. The highest BCUT2D eigenvalue weighted by molar-refractivity contribution is 5.84. The third-order valence-corrected chi connectivity index (χ3v) is 5.13. The maximum Gasteiger partial charge on any atom is 0.326 e.